The Morgan fingerprint density at radius 1 is 0.708 bits per heavy atom. The Labute approximate surface area is 141 Å². The summed E-state index contributed by atoms with van der Waals surface area (Å²) in [6, 6.07) is 14.8. The van der Waals surface area contributed by atoms with Crippen molar-refractivity contribution in [1.82, 2.24) is 0 Å². The molecule has 4 rings (SSSR count). The normalized spacial score (nSPS) is 21.4. The molecule has 0 fully saturated rings. The van der Waals surface area contributed by atoms with Crippen molar-refractivity contribution < 1.29 is 19.1 Å². The van der Waals surface area contributed by atoms with Crippen LogP contribution in [0.25, 0.3) is 0 Å². The summed E-state index contributed by atoms with van der Waals surface area (Å²) in [4.78, 5) is 22.8. The molecule has 2 aromatic carbocycles. The minimum atomic E-state index is 0.0207. The van der Waals surface area contributed by atoms with Crippen LogP contribution in [0.1, 0.15) is 47.4 Å². The summed E-state index contributed by atoms with van der Waals surface area (Å²) in [7, 11) is 0. The summed E-state index contributed by atoms with van der Waals surface area (Å²) in [6.07, 6.45) is 1.04. The quantitative estimate of drug-likeness (QED) is 0.733. The van der Waals surface area contributed by atoms with Crippen LogP contribution in [0, 0.1) is 0 Å². The maximum atomic E-state index is 11.4. The number of carbonyl (C=O) groups is 2. The lowest BCUT2D eigenvalue weighted by Crippen LogP contribution is -2.23. The fourth-order valence-corrected chi connectivity index (χ4v) is 2.86. The van der Waals surface area contributed by atoms with E-state index < -0.39 is 0 Å². The van der Waals surface area contributed by atoms with Crippen LogP contribution in [0.15, 0.2) is 48.5 Å². The molecule has 0 N–H and O–H groups in total. The number of carbonyl (C=O) groups excluding carboxylic acids is 2. The Morgan fingerprint density at radius 2 is 1.08 bits per heavy atom. The minimum absolute atomic E-state index is 0.0207. The number of rotatable bonds is 0. The molecule has 0 spiro atoms. The monoisotopic (exact) mass is 324 g/mol. The number of ketones is 2. The van der Waals surface area contributed by atoms with E-state index >= 15 is 0 Å². The van der Waals surface area contributed by atoms with Gasteiger partial charge in [0, 0.05) is 12.8 Å². The summed E-state index contributed by atoms with van der Waals surface area (Å²) < 4.78 is 11.0. The van der Waals surface area contributed by atoms with E-state index in [1.807, 2.05) is 62.4 Å². The van der Waals surface area contributed by atoms with Crippen LogP contribution in [-0.4, -0.2) is 23.8 Å². The highest BCUT2D eigenvalue weighted by molar-refractivity contribution is 6.00. The molecule has 0 saturated heterocycles. The molecule has 2 heterocycles. The molecule has 2 atom stereocenters. The average molecular weight is 324 g/mol. The fourth-order valence-electron chi connectivity index (χ4n) is 2.86. The first kappa shape index (κ1) is 16.2. The van der Waals surface area contributed by atoms with E-state index in [1.54, 1.807) is 0 Å². The molecule has 2 unspecified atom stereocenters. The van der Waals surface area contributed by atoms with Gasteiger partial charge in [0.2, 0.25) is 0 Å². The minimum Gasteiger partial charge on any atom is -0.489 e. The Morgan fingerprint density at radius 3 is 1.50 bits per heavy atom. The maximum absolute atomic E-state index is 11.4. The first-order valence-corrected chi connectivity index (χ1v) is 8.12. The summed E-state index contributed by atoms with van der Waals surface area (Å²) in [6.45, 7) is 3.82. The zero-order valence-electron chi connectivity index (χ0n) is 13.8. The van der Waals surface area contributed by atoms with Gasteiger partial charge in [-0.1, -0.05) is 24.3 Å². The van der Waals surface area contributed by atoms with Gasteiger partial charge < -0.3 is 9.47 Å². The van der Waals surface area contributed by atoms with E-state index in [9.17, 15) is 9.59 Å². The molecule has 24 heavy (non-hydrogen) atoms. The smallest absolute Gasteiger partial charge is 0.170 e. The average Bonchev–Trinajstić information content (AvgIpc) is 2.55. The number of hydrogen-bond donors (Lipinski definition) is 0. The lowest BCUT2D eigenvalue weighted by Gasteiger charge is -2.21. The molecule has 0 saturated carbocycles. The summed E-state index contributed by atoms with van der Waals surface area (Å²) >= 11 is 0. The van der Waals surface area contributed by atoms with Crippen LogP contribution in [0.5, 0.6) is 11.5 Å². The topological polar surface area (TPSA) is 52.6 Å². The third kappa shape index (κ3) is 3.48. The molecule has 2 aromatic rings. The van der Waals surface area contributed by atoms with Crippen molar-refractivity contribution in [2.45, 2.75) is 38.9 Å². The van der Waals surface area contributed by atoms with E-state index in [0.717, 1.165) is 22.6 Å². The van der Waals surface area contributed by atoms with Crippen molar-refractivity contribution in [3.8, 4) is 11.5 Å². The van der Waals surface area contributed by atoms with Crippen LogP contribution in [0.4, 0.5) is 0 Å². The first-order chi connectivity index (χ1) is 11.5. The zero-order chi connectivity index (χ0) is 17.1. The molecule has 2 aliphatic heterocycles. The predicted octanol–water partition coefficient (Wildman–Crippen LogP) is 4.08. The van der Waals surface area contributed by atoms with Gasteiger partial charge >= 0.3 is 0 Å². The van der Waals surface area contributed by atoms with Crippen molar-refractivity contribution in [3.05, 3.63) is 59.7 Å². The fraction of sp³-hybridized carbons (Fsp3) is 0.300. The van der Waals surface area contributed by atoms with E-state index in [0.29, 0.717) is 12.8 Å². The number of benzene rings is 2. The summed E-state index contributed by atoms with van der Waals surface area (Å²) in [5.74, 6) is 1.82. The number of hydrogen-bond acceptors (Lipinski definition) is 4. The van der Waals surface area contributed by atoms with Crippen LogP contribution < -0.4 is 9.47 Å². The highest BCUT2D eigenvalue weighted by Crippen LogP contribution is 2.27. The van der Waals surface area contributed by atoms with Gasteiger partial charge in [0.25, 0.3) is 0 Å². The molecule has 0 aromatic heterocycles. The van der Waals surface area contributed by atoms with Crippen LogP contribution >= 0.6 is 0 Å². The van der Waals surface area contributed by atoms with Gasteiger partial charge in [-0.15, -0.1) is 0 Å². The standard InChI is InChI=1S/2C10H10O2/c2*1-7-6-9(11)8-4-2-3-5-10(8)12-7/h2*2-5,7H,6H2,1H3. The second-order valence-electron chi connectivity index (χ2n) is 6.10. The maximum Gasteiger partial charge on any atom is 0.170 e. The van der Waals surface area contributed by atoms with Crippen molar-refractivity contribution >= 4 is 11.6 Å². The highest BCUT2D eigenvalue weighted by Gasteiger charge is 2.23. The Kier molecular flexibility index (Phi) is 4.65. The van der Waals surface area contributed by atoms with E-state index in [2.05, 4.69) is 0 Å². The third-order valence-electron chi connectivity index (χ3n) is 3.98. The van der Waals surface area contributed by atoms with Crippen molar-refractivity contribution in [2.24, 2.45) is 0 Å². The van der Waals surface area contributed by atoms with Gasteiger partial charge in [-0.2, -0.15) is 0 Å². The SMILES string of the molecule is CC1CC(=O)c2ccccc2O1.CC1CC(=O)c2ccccc2O1. The molecule has 0 aliphatic carbocycles. The highest BCUT2D eigenvalue weighted by atomic mass is 16.5. The van der Waals surface area contributed by atoms with Gasteiger partial charge in [0.05, 0.1) is 11.1 Å². The van der Waals surface area contributed by atoms with Crippen molar-refractivity contribution in [1.29, 1.82) is 0 Å². The molecule has 4 heteroatoms. The van der Waals surface area contributed by atoms with Crippen LogP contribution in [0.2, 0.25) is 0 Å². The molecule has 4 nitrogen and oxygen atoms in total. The number of fused-ring (bicyclic) bond motifs is 2. The van der Waals surface area contributed by atoms with Crippen LogP contribution in [0.3, 0.4) is 0 Å². The van der Waals surface area contributed by atoms with E-state index in [-0.39, 0.29) is 23.8 Å². The number of Topliss-reactive ketones (excluding diaryl/α,β-unsaturated/α-hetero) is 2. The number of ether oxygens (including phenoxy) is 2. The van der Waals surface area contributed by atoms with E-state index in [4.69, 9.17) is 9.47 Å². The largest absolute Gasteiger partial charge is 0.489 e. The lowest BCUT2D eigenvalue weighted by molar-refractivity contribution is 0.0861. The number of para-hydroxylation sites is 2. The van der Waals surface area contributed by atoms with Gasteiger partial charge in [0.1, 0.15) is 23.7 Å². The molecule has 0 radical (unpaired) electrons. The summed E-state index contributed by atoms with van der Waals surface area (Å²) in [5, 5.41) is 0. The molecule has 0 amide bonds. The predicted molar refractivity (Wildman–Crippen MR) is 91.0 cm³/mol. The van der Waals surface area contributed by atoms with E-state index in [1.165, 1.54) is 0 Å². The second-order valence-corrected chi connectivity index (χ2v) is 6.10. The first-order valence-electron chi connectivity index (χ1n) is 8.12. The van der Waals surface area contributed by atoms with Crippen molar-refractivity contribution in [3.63, 3.8) is 0 Å². The molecule has 124 valence electrons. The second kappa shape index (κ2) is 6.87. The van der Waals surface area contributed by atoms with Gasteiger partial charge in [-0.3, -0.25) is 9.59 Å². The molecular formula is C20H20O4. The van der Waals surface area contributed by atoms with Crippen LogP contribution in [-0.2, 0) is 0 Å². The van der Waals surface area contributed by atoms with Gasteiger partial charge in [0.15, 0.2) is 11.6 Å². The summed E-state index contributed by atoms with van der Waals surface area (Å²) in [5.41, 5.74) is 1.44. The zero-order valence-corrected chi connectivity index (χ0v) is 13.8. The Hall–Kier alpha value is -2.62. The lowest BCUT2D eigenvalue weighted by atomic mass is 10.0. The molecular weight excluding hydrogens is 304 g/mol. The van der Waals surface area contributed by atoms with Gasteiger partial charge in [-0.25, -0.2) is 0 Å². The molecule has 0 bridgehead atoms. The van der Waals surface area contributed by atoms with Gasteiger partial charge in [-0.05, 0) is 38.1 Å². The molecule has 2 aliphatic rings. The Balaban J connectivity index is 0.000000141. The third-order valence-corrected chi connectivity index (χ3v) is 3.98. The van der Waals surface area contributed by atoms with Crippen molar-refractivity contribution in [2.75, 3.05) is 0 Å². The Bertz CT molecular complexity index is 700.